The number of nitrogens with two attached hydrogens (primary N) is 1. The van der Waals surface area contributed by atoms with Gasteiger partial charge in [0, 0.05) is 26.2 Å². The SMILES string of the molecule is Cc1nc2c(N3CCCC3CN)cccc2n1C. The summed E-state index contributed by atoms with van der Waals surface area (Å²) < 4.78 is 2.15. The summed E-state index contributed by atoms with van der Waals surface area (Å²) >= 11 is 0. The summed E-state index contributed by atoms with van der Waals surface area (Å²) in [6, 6.07) is 6.89. The maximum atomic E-state index is 5.87. The number of para-hydroxylation sites is 1. The first-order chi connectivity index (χ1) is 8.72. The Morgan fingerprint density at radius 1 is 1.44 bits per heavy atom. The third kappa shape index (κ3) is 1.60. The number of hydrogen-bond acceptors (Lipinski definition) is 3. The molecule has 0 radical (unpaired) electrons. The number of anilines is 1. The van der Waals surface area contributed by atoms with Crippen molar-refractivity contribution in [3.63, 3.8) is 0 Å². The van der Waals surface area contributed by atoms with Gasteiger partial charge in [-0.1, -0.05) is 6.07 Å². The zero-order chi connectivity index (χ0) is 12.7. The highest BCUT2D eigenvalue weighted by Gasteiger charge is 2.25. The van der Waals surface area contributed by atoms with E-state index in [1.54, 1.807) is 0 Å². The molecule has 1 aliphatic heterocycles. The van der Waals surface area contributed by atoms with Crippen LogP contribution >= 0.6 is 0 Å². The number of aryl methyl sites for hydroxylation is 2. The summed E-state index contributed by atoms with van der Waals surface area (Å²) in [5.41, 5.74) is 9.42. The Balaban J connectivity index is 2.14. The maximum absolute atomic E-state index is 5.87. The molecule has 4 heteroatoms. The van der Waals surface area contributed by atoms with E-state index in [-0.39, 0.29) is 0 Å². The third-order valence-corrected chi connectivity index (χ3v) is 4.07. The van der Waals surface area contributed by atoms with Crippen molar-refractivity contribution in [3.8, 4) is 0 Å². The molecule has 96 valence electrons. The van der Waals surface area contributed by atoms with E-state index in [9.17, 15) is 0 Å². The number of fused-ring (bicyclic) bond motifs is 1. The second-order valence-corrected chi connectivity index (χ2v) is 5.09. The summed E-state index contributed by atoms with van der Waals surface area (Å²) in [5.74, 6) is 1.06. The van der Waals surface area contributed by atoms with E-state index in [0.717, 1.165) is 24.4 Å². The number of aromatic nitrogens is 2. The fourth-order valence-corrected chi connectivity index (χ4v) is 2.95. The lowest BCUT2D eigenvalue weighted by Gasteiger charge is -2.25. The molecule has 3 rings (SSSR count). The number of rotatable bonds is 2. The molecule has 18 heavy (non-hydrogen) atoms. The van der Waals surface area contributed by atoms with E-state index in [4.69, 9.17) is 10.7 Å². The quantitative estimate of drug-likeness (QED) is 0.876. The molecule has 1 aromatic carbocycles. The zero-order valence-corrected chi connectivity index (χ0v) is 11.1. The molecule has 1 atom stereocenters. The molecule has 0 aliphatic carbocycles. The maximum Gasteiger partial charge on any atom is 0.112 e. The predicted octanol–water partition coefficient (Wildman–Crippen LogP) is 1.81. The fourth-order valence-electron chi connectivity index (χ4n) is 2.95. The lowest BCUT2D eigenvalue weighted by atomic mass is 10.2. The van der Waals surface area contributed by atoms with Crippen LogP contribution in [0.5, 0.6) is 0 Å². The van der Waals surface area contributed by atoms with Crippen LogP contribution in [-0.2, 0) is 7.05 Å². The Hall–Kier alpha value is -1.55. The molecule has 0 saturated carbocycles. The van der Waals surface area contributed by atoms with Gasteiger partial charge in [0.1, 0.15) is 11.3 Å². The molecule has 1 aliphatic rings. The molecule has 2 heterocycles. The molecule has 0 amide bonds. The van der Waals surface area contributed by atoms with Gasteiger partial charge in [0.2, 0.25) is 0 Å². The average molecular weight is 244 g/mol. The van der Waals surface area contributed by atoms with Gasteiger partial charge in [-0.05, 0) is 31.9 Å². The average Bonchev–Trinajstić information content (AvgIpc) is 2.95. The summed E-state index contributed by atoms with van der Waals surface area (Å²) in [5, 5.41) is 0. The molecular formula is C14H20N4. The molecule has 1 saturated heterocycles. The first-order valence-electron chi connectivity index (χ1n) is 6.61. The largest absolute Gasteiger partial charge is 0.365 e. The Morgan fingerprint density at radius 3 is 3.06 bits per heavy atom. The summed E-state index contributed by atoms with van der Waals surface area (Å²) in [7, 11) is 2.07. The Kier molecular flexibility index (Phi) is 2.74. The first-order valence-corrected chi connectivity index (χ1v) is 6.61. The van der Waals surface area contributed by atoms with Gasteiger partial charge in [0.15, 0.2) is 0 Å². The lowest BCUT2D eigenvalue weighted by molar-refractivity contribution is 0.678. The summed E-state index contributed by atoms with van der Waals surface area (Å²) in [6.07, 6.45) is 2.42. The number of hydrogen-bond donors (Lipinski definition) is 1. The number of imidazole rings is 1. The van der Waals surface area contributed by atoms with Crippen molar-refractivity contribution in [2.75, 3.05) is 18.0 Å². The topological polar surface area (TPSA) is 47.1 Å². The van der Waals surface area contributed by atoms with Gasteiger partial charge in [-0.2, -0.15) is 0 Å². The minimum atomic E-state index is 0.470. The van der Waals surface area contributed by atoms with Gasteiger partial charge in [0.05, 0.1) is 11.2 Å². The number of nitrogens with zero attached hydrogens (tertiary/aromatic N) is 3. The van der Waals surface area contributed by atoms with Gasteiger partial charge in [-0.15, -0.1) is 0 Å². The van der Waals surface area contributed by atoms with E-state index < -0.39 is 0 Å². The minimum absolute atomic E-state index is 0.470. The van der Waals surface area contributed by atoms with Crippen LogP contribution in [0.4, 0.5) is 5.69 Å². The van der Waals surface area contributed by atoms with Gasteiger partial charge in [0.25, 0.3) is 0 Å². The fraction of sp³-hybridized carbons (Fsp3) is 0.500. The summed E-state index contributed by atoms with van der Waals surface area (Å²) in [6.45, 7) is 3.87. The minimum Gasteiger partial charge on any atom is -0.365 e. The van der Waals surface area contributed by atoms with Crippen molar-refractivity contribution in [2.45, 2.75) is 25.8 Å². The van der Waals surface area contributed by atoms with Crippen molar-refractivity contribution in [1.82, 2.24) is 9.55 Å². The van der Waals surface area contributed by atoms with Crippen LogP contribution in [0.1, 0.15) is 18.7 Å². The van der Waals surface area contributed by atoms with E-state index in [1.165, 1.54) is 24.0 Å². The number of benzene rings is 1. The Bertz CT molecular complexity index is 572. The van der Waals surface area contributed by atoms with Crippen molar-refractivity contribution in [2.24, 2.45) is 12.8 Å². The normalized spacial score (nSPS) is 19.9. The zero-order valence-electron chi connectivity index (χ0n) is 11.1. The van der Waals surface area contributed by atoms with Crippen molar-refractivity contribution >= 4 is 16.7 Å². The molecule has 0 spiro atoms. The van der Waals surface area contributed by atoms with Crippen LogP contribution in [0.3, 0.4) is 0 Å². The molecule has 1 unspecified atom stereocenters. The van der Waals surface area contributed by atoms with Crippen LogP contribution in [0.25, 0.3) is 11.0 Å². The molecule has 1 aromatic heterocycles. The molecule has 4 nitrogen and oxygen atoms in total. The van der Waals surface area contributed by atoms with E-state index in [2.05, 4.69) is 34.7 Å². The molecule has 0 bridgehead atoms. The van der Waals surface area contributed by atoms with E-state index in [1.807, 2.05) is 6.92 Å². The van der Waals surface area contributed by atoms with Crippen LogP contribution in [-0.4, -0.2) is 28.7 Å². The molecule has 2 aromatic rings. The monoisotopic (exact) mass is 244 g/mol. The predicted molar refractivity (Wildman–Crippen MR) is 74.9 cm³/mol. The Labute approximate surface area is 107 Å². The van der Waals surface area contributed by atoms with Gasteiger partial charge < -0.3 is 15.2 Å². The van der Waals surface area contributed by atoms with Crippen molar-refractivity contribution < 1.29 is 0 Å². The summed E-state index contributed by atoms with van der Waals surface area (Å²) in [4.78, 5) is 7.13. The molecule has 1 fully saturated rings. The Morgan fingerprint density at radius 2 is 2.28 bits per heavy atom. The van der Waals surface area contributed by atoms with Gasteiger partial charge >= 0.3 is 0 Å². The van der Waals surface area contributed by atoms with E-state index in [0.29, 0.717) is 6.04 Å². The standard InChI is InChI=1S/C14H20N4/c1-10-16-14-12(17(10)2)6-3-7-13(14)18-8-4-5-11(18)9-15/h3,6-7,11H,4-5,8-9,15H2,1-2H3. The highest BCUT2D eigenvalue weighted by atomic mass is 15.2. The second kappa shape index (κ2) is 4.28. The highest BCUT2D eigenvalue weighted by molar-refractivity contribution is 5.89. The lowest BCUT2D eigenvalue weighted by Crippen LogP contribution is -2.35. The van der Waals surface area contributed by atoms with Crippen LogP contribution < -0.4 is 10.6 Å². The highest BCUT2D eigenvalue weighted by Crippen LogP contribution is 2.31. The van der Waals surface area contributed by atoms with Gasteiger partial charge in [-0.3, -0.25) is 0 Å². The third-order valence-electron chi connectivity index (χ3n) is 4.07. The molecule has 2 N–H and O–H groups in total. The van der Waals surface area contributed by atoms with Crippen molar-refractivity contribution in [1.29, 1.82) is 0 Å². The van der Waals surface area contributed by atoms with Crippen LogP contribution in [0, 0.1) is 6.92 Å². The first kappa shape index (κ1) is 11.5. The smallest absolute Gasteiger partial charge is 0.112 e. The molecular weight excluding hydrogens is 224 g/mol. The van der Waals surface area contributed by atoms with Crippen LogP contribution in [0.2, 0.25) is 0 Å². The van der Waals surface area contributed by atoms with Crippen LogP contribution in [0.15, 0.2) is 18.2 Å². The second-order valence-electron chi connectivity index (χ2n) is 5.09. The van der Waals surface area contributed by atoms with Gasteiger partial charge in [-0.25, -0.2) is 4.98 Å². The van der Waals surface area contributed by atoms with Crippen molar-refractivity contribution in [3.05, 3.63) is 24.0 Å². The van der Waals surface area contributed by atoms with E-state index >= 15 is 0 Å².